The third-order valence-corrected chi connectivity index (χ3v) is 4.04. The van der Waals surface area contributed by atoms with Gasteiger partial charge < -0.3 is 20.1 Å². The van der Waals surface area contributed by atoms with Crippen molar-refractivity contribution in [2.75, 3.05) is 37.5 Å². The number of hydrogen-bond donors (Lipinski definition) is 2. The Kier molecular flexibility index (Phi) is 7.13. The van der Waals surface area contributed by atoms with E-state index in [1.54, 1.807) is 19.2 Å². The third kappa shape index (κ3) is 5.52. The summed E-state index contributed by atoms with van der Waals surface area (Å²) in [5.74, 6) is 1.29. The minimum absolute atomic E-state index is 0.255. The van der Waals surface area contributed by atoms with Crippen LogP contribution in [0.3, 0.4) is 0 Å². The van der Waals surface area contributed by atoms with E-state index >= 15 is 0 Å². The summed E-state index contributed by atoms with van der Waals surface area (Å²) in [6, 6.07) is 18.5. The zero-order valence-corrected chi connectivity index (χ0v) is 16.5. The summed E-state index contributed by atoms with van der Waals surface area (Å²) in [5.41, 5.74) is 1.67. The molecular formula is C22H24N4O3. The molecule has 0 aliphatic heterocycles. The van der Waals surface area contributed by atoms with Crippen molar-refractivity contribution in [3.63, 3.8) is 0 Å². The molecule has 29 heavy (non-hydrogen) atoms. The molecule has 7 nitrogen and oxygen atoms in total. The fourth-order valence-corrected chi connectivity index (χ4v) is 2.69. The maximum absolute atomic E-state index is 12.9. The number of benzene rings is 2. The lowest BCUT2D eigenvalue weighted by Gasteiger charge is -2.13. The number of para-hydroxylation sites is 2. The van der Waals surface area contributed by atoms with E-state index in [9.17, 15) is 4.79 Å². The fraction of sp³-hybridized carbons (Fsp3) is 0.227. The molecular weight excluding hydrogens is 368 g/mol. The van der Waals surface area contributed by atoms with Crippen LogP contribution in [-0.2, 0) is 4.74 Å². The van der Waals surface area contributed by atoms with Gasteiger partial charge in [0.15, 0.2) is 5.82 Å². The van der Waals surface area contributed by atoms with Gasteiger partial charge in [0, 0.05) is 25.3 Å². The second-order valence-corrected chi connectivity index (χ2v) is 6.13. The Morgan fingerprint density at radius 1 is 1.03 bits per heavy atom. The first-order chi connectivity index (χ1) is 14.2. The van der Waals surface area contributed by atoms with Crippen molar-refractivity contribution >= 4 is 17.4 Å². The Hall–Kier alpha value is -3.45. The van der Waals surface area contributed by atoms with E-state index in [1.807, 2.05) is 55.5 Å². The van der Waals surface area contributed by atoms with Gasteiger partial charge >= 0.3 is 0 Å². The average molecular weight is 392 g/mol. The van der Waals surface area contributed by atoms with Gasteiger partial charge in [-0.3, -0.25) is 4.79 Å². The lowest BCUT2D eigenvalue weighted by Crippen LogP contribution is -2.17. The van der Waals surface area contributed by atoms with E-state index < -0.39 is 0 Å². The summed E-state index contributed by atoms with van der Waals surface area (Å²) in [4.78, 5) is 21.9. The molecule has 0 bridgehead atoms. The van der Waals surface area contributed by atoms with E-state index in [1.165, 1.54) is 0 Å². The average Bonchev–Trinajstić information content (AvgIpc) is 2.76. The molecule has 0 aliphatic rings. The van der Waals surface area contributed by atoms with Crippen molar-refractivity contribution in [1.82, 2.24) is 9.97 Å². The van der Waals surface area contributed by atoms with Crippen LogP contribution in [0.25, 0.3) is 11.4 Å². The first-order valence-corrected chi connectivity index (χ1v) is 9.41. The largest absolute Gasteiger partial charge is 0.492 e. The SMILES string of the molecule is CCOc1ccccc1NC(=O)c1cc(NCCOC)nc(-c2ccccc2)n1. The van der Waals surface area contributed by atoms with Crippen LogP contribution in [0.15, 0.2) is 60.7 Å². The number of aromatic nitrogens is 2. The van der Waals surface area contributed by atoms with Gasteiger partial charge in [0.2, 0.25) is 0 Å². The molecule has 150 valence electrons. The van der Waals surface area contributed by atoms with Gasteiger partial charge in [0.25, 0.3) is 5.91 Å². The molecule has 2 aromatic carbocycles. The molecule has 0 spiro atoms. The van der Waals surface area contributed by atoms with Crippen LogP contribution >= 0.6 is 0 Å². The summed E-state index contributed by atoms with van der Waals surface area (Å²) in [6.07, 6.45) is 0. The summed E-state index contributed by atoms with van der Waals surface area (Å²) in [6.45, 7) is 3.49. The third-order valence-electron chi connectivity index (χ3n) is 4.04. The molecule has 0 fully saturated rings. The molecule has 3 rings (SSSR count). The van der Waals surface area contributed by atoms with E-state index in [4.69, 9.17) is 9.47 Å². The molecule has 0 unspecified atom stereocenters. The molecule has 7 heteroatoms. The molecule has 0 radical (unpaired) electrons. The molecule has 1 heterocycles. The number of carbonyl (C=O) groups is 1. The van der Waals surface area contributed by atoms with E-state index in [-0.39, 0.29) is 11.6 Å². The second kappa shape index (κ2) is 10.2. The van der Waals surface area contributed by atoms with Crippen LogP contribution < -0.4 is 15.4 Å². The van der Waals surface area contributed by atoms with Crippen molar-refractivity contribution in [2.24, 2.45) is 0 Å². The maximum Gasteiger partial charge on any atom is 0.274 e. The number of carbonyl (C=O) groups excluding carboxylic acids is 1. The molecule has 0 aliphatic carbocycles. The Labute approximate surface area is 170 Å². The highest BCUT2D eigenvalue weighted by Gasteiger charge is 2.15. The van der Waals surface area contributed by atoms with Gasteiger partial charge in [-0.05, 0) is 19.1 Å². The second-order valence-electron chi connectivity index (χ2n) is 6.13. The van der Waals surface area contributed by atoms with Crippen LogP contribution in [0, 0.1) is 0 Å². The zero-order valence-electron chi connectivity index (χ0n) is 16.5. The van der Waals surface area contributed by atoms with Crippen LogP contribution in [0.2, 0.25) is 0 Å². The first-order valence-electron chi connectivity index (χ1n) is 9.41. The molecule has 1 amide bonds. The number of nitrogens with one attached hydrogen (secondary N) is 2. The van der Waals surface area contributed by atoms with Crippen LogP contribution in [0.1, 0.15) is 17.4 Å². The Morgan fingerprint density at radius 2 is 1.79 bits per heavy atom. The predicted octanol–water partition coefficient (Wildman–Crippen LogP) is 3.85. The number of amides is 1. The number of ether oxygens (including phenoxy) is 2. The minimum Gasteiger partial charge on any atom is -0.492 e. The lowest BCUT2D eigenvalue weighted by molar-refractivity contribution is 0.102. The Bertz CT molecular complexity index is 948. The first kappa shape index (κ1) is 20.3. The minimum atomic E-state index is -0.341. The summed E-state index contributed by atoms with van der Waals surface area (Å²) in [7, 11) is 1.63. The van der Waals surface area contributed by atoms with Gasteiger partial charge in [-0.1, -0.05) is 42.5 Å². The van der Waals surface area contributed by atoms with Crippen LogP contribution in [-0.4, -0.2) is 42.7 Å². The van der Waals surface area contributed by atoms with Crippen molar-refractivity contribution in [3.05, 3.63) is 66.4 Å². The van der Waals surface area contributed by atoms with Gasteiger partial charge in [0.1, 0.15) is 17.3 Å². The highest BCUT2D eigenvalue weighted by Crippen LogP contribution is 2.25. The number of rotatable bonds is 9. The van der Waals surface area contributed by atoms with Crippen LogP contribution in [0.5, 0.6) is 5.75 Å². The molecule has 0 atom stereocenters. The van der Waals surface area contributed by atoms with Gasteiger partial charge in [0.05, 0.1) is 18.9 Å². The monoisotopic (exact) mass is 392 g/mol. The quantitative estimate of drug-likeness (QED) is 0.538. The molecule has 0 saturated heterocycles. The summed E-state index contributed by atoms with van der Waals surface area (Å²) < 4.78 is 10.7. The standard InChI is InChI=1S/C22H24N4O3/c1-3-29-19-12-8-7-11-17(19)25-22(27)18-15-20(23-13-14-28-2)26-21(24-18)16-9-5-4-6-10-16/h4-12,15H,3,13-14H2,1-2H3,(H,25,27)(H,23,24,26). The van der Waals surface area contributed by atoms with Crippen molar-refractivity contribution in [1.29, 1.82) is 0 Å². The van der Waals surface area contributed by atoms with E-state index in [0.717, 1.165) is 5.56 Å². The van der Waals surface area contributed by atoms with Crippen molar-refractivity contribution in [3.8, 4) is 17.1 Å². The van der Waals surface area contributed by atoms with Crippen LogP contribution in [0.4, 0.5) is 11.5 Å². The van der Waals surface area contributed by atoms with Gasteiger partial charge in [-0.15, -0.1) is 0 Å². The number of methoxy groups -OCH3 is 1. The Balaban J connectivity index is 1.90. The number of hydrogen-bond acceptors (Lipinski definition) is 6. The predicted molar refractivity (Wildman–Crippen MR) is 113 cm³/mol. The molecule has 2 N–H and O–H groups in total. The zero-order chi connectivity index (χ0) is 20.5. The summed E-state index contributed by atoms with van der Waals surface area (Å²) in [5, 5.41) is 6.04. The number of nitrogens with zero attached hydrogens (tertiary/aromatic N) is 2. The molecule has 1 aromatic heterocycles. The molecule has 3 aromatic rings. The van der Waals surface area contributed by atoms with Gasteiger partial charge in [-0.25, -0.2) is 9.97 Å². The normalized spacial score (nSPS) is 10.4. The summed E-state index contributed by atoms with van der Waals surface area (Å²) >= 11 is 0. The fourth-order valence-electron chi connectivity index (χ4n) is 2.69. The van der Waals surface area contributed by atoms with E-state index in [2.05, 4.69) is 20.6 Å². The maximum atomic E-state index is 12.9. The smallest absolute Gasteiger partial charge is 0.274 e. The van der Waals surface area contributed by atoms with Crippen molar-refractivity contribution < 1.29 is 14.3 Å². The lowest BCUT2D eigenvalue weighted by atomic mass is 10.2. The topological polar surface area (TPSA) is 85.4 Å². The van der Waals surface area contributed by atoms with Crippen molar-refractivity contribution in [2.45, 2.75) is 6.92 Å². The van der Waals surface area contributed by atoms with E-state index in [0.29, 0.717) is 42.8 Å². The van der Waals surface area contributed by atoms with Gasteiger partial charge in [-0.2, -0.15) is 0 Å². The highest BCUT2D eigenvalue weighted by molar-refractivity contribution is 6.04. The number of anilines is 2. The highest BCUT2D eigenvalue weighted by atomic mass is 16.5. The Morgan fingerprint density at radius 3 is 2.55 bits per heavy atom. The molecule has 0 saturated carbocycles.